The van der Waals surface area contributed by atoms with E-state index < -0.39 is 21.9 Å². The van der Waals surface area contributed by atoms with Crippen LogP contribution < -0.4 is 9.46 Å². The van der Waals surface area contributed by atoms with Gasteiger partial charge in [-0.3, -0.25) is 4.90 Å². The Morgan fingerprint density at radius 2 is 2.03 bits per heavy atom. The topological polar surface area (TPSA) is 67.9 Å². The second-order valence-corrected chi connectivity index (χ2v) is 9.26. The summed E-state index contributed by atoms with van der Waals surface area (Å²) in [6.07, 6.45) is -0.0467. The van der Waals surface area contributed by atoms with Crippen molar-refractivity contribution in [2.75, 3.05) is 32.8 Å². The highest BCUT2D eigenvalue weighted by Crippen LogP contribution is 2.31. The summed E-state index contributed by atoms with van der Waals surface area (Å²) in [5.41, 5.74) is 0.280. The van der Waals surface area contributed by atoms with Gasteiger partial charge in [-0.15, -0.1) is 0 Å². The average molecular weight is 457 g/mol. The SMILES string of the molecule is CCOc1ccc(S(=O)(=O)NCC(c2c(F)cccc2Cl)N2CCOC(C)C2)cc1. The minimum absolute atomic E-state index is 0.0249. The van der Waals surface area contributed by atoms with Crippen LogP contribution >= 0.6 is 11.6 Å². The fourth-order valence-corrected chi connectivity index (χ4v) is 4.85. The van der Waals surface area contributed by atoms with Gasteiger partial charge in [-0.2, -0.15) is 0 Å². The number of rotatable bonds is 8. The van der Waals surface area contributed by atoms with Gasteiger partial charge in [-0.05, 0) is 50.2 Å². The maximum absolute atomic E-state index is 14.7. The highest BCUT2D eigenvalue weighted by molar-refractivity contribution is 7.89. The molecule has 0 aromatic heterocycles. The predicted octanol–water partition coefficient (Wildman–Crippen LogP) is 3.62. The molecule has 0 spiro atoms. The van der Waals surface area contributed by atoms with Gasteiger partial charge in [0, 0.05) is 30.2 Å². The summed E-state index contributed by atoms with van der Waals surface area (Å²) in [7, 11) is -3.80. The Bertz CT molecular complexity index is 936. The molecular weight excluding hydrogens is 431 g/mol. The molecule has 6 nitrogen and oxygen atoms in total. The molecule has 0 saturated carbocycles. The number of morpholine rings is 1. The van der Waals surface area contributed by atoms with E-state index in [1.54, 1.807) is 18.2 Å². The van der Waals surface area contributed by atoms with Gasteiger partial charge in [0.25, 0.3) is 0 Å². The van der Waals surface area contributed by atoms with E-state index in [2.05, 4.69) is 4.72 Å². The van der Waals surface area contributed by atoms with E-state index in [0.29, 0.717) is 32.1 Å². The first-order valence-electron chi connectivity index (χ1n) is 9.84. The molecule has 2 aromatic rings. The molecular formula is C21H26ClFN2O4S. The van der Waals surface area contributed by atoms with Crippen LogP contribution in [-0.2, 0) is 14.8 Å². The van der Waals surface area contributed by atoms with Crippen LogP contribution in [0.5, 0.6) is 5.75 Å². The highest BCUT2D eigenvalue weighted by Gasteiger charge is 2.30. The van der Waals surface area contributed by atoms with Crippen LogP contribution in [0.2, 0.25) is 5.02 Å². The Labute approximate surface area is 182 Å². The van der Waals surface area contributed by atoms with Crippen molar-refractivity contribution in [1.82, 2.24) is 9.62 Å². The Hall–Kier alpha value is -1.71. The van der Waals surface area contributed by atoms with Crippen LogP contribution in [0.1, 0.15) is 25.5 Å². The fourth-order valence-electron chi connectivity index (χ4n) is 3.52. The first kappa shape index (κ1) is 23.0. The number of sulfonamides is 1. The lowest BCUT2D eigenvalue weighted by Crippen LogP contribution is -2.46. The monoisotopic (exact) mass is 456 g/mol. The number of ether oxygens (including phenoxy) is 2. The van der Waals surface area contributed by atoms with Crippen LogP contribution in [0.3, 0.4) is 0 Å². The molecule has 1 saturated heterocycles. The van der Waals surface area contributed by atoms with Crippen LogP contribution in [0.25, 0.3) is 0 Å². The molecule has 0 bridgehead atoms. The number of hydrogen-bond acceptors (Lipinski definition) is 5. The molecule has 30 heavy (non-hydrogen) atoms. The van der Waals surface area contributed by atoms with Crippen LogP contribution in [0.4, 0.5) is 4.39 Å². The van der Waals surface area contributed by atoms with Crippen molar-refractivity contribution in [3.05, 3.63) is 58.9 Å². The van der Waals surface area contributed by atoms with Crippen molar-refractivity contribution in [2.24, 2.45) is 0 Å². The number of hydrogen-bond donors (Lipinski definition) is 1. The van der Waals surface area contributed by atoms with E-state index in [1.165, 1.54) is 24.3 Å². The first-order chi connectivity index (χ1) is 14.3. The second-order valence-electron chi connectivity index (χ2n) is 7.08. The number of halogens is 2. The van der Waals surface area contributed by atoms with Crippen molar-refractivity contribution >= 4 is 21.6 Å². The van der Waals surface area contributed by atoms with Crippen molar-refractivity contribution in [1.29, 1.82) is 0 Å². The summed E-state index contributed by atoms with van der Waals surface area (Å²) in [6.45, 7) is 5.82. The standard InChI is InChI=1S/C21H26ClFN2O4S/c1-3-28-16-7-9-17(10-8-16)30(26,27)24-13-20(25-11-12-29-15(2)14-25)21-18(22)5-4-6-19(21)23/h4-10,15,20,24H,3,11-14H2,1-2H3. The van der Waals surface area contributed by atoms with Crippen LogP contribution in [0.15, 0.2) is 47.4 Å². The Morgan fingerprint density at radius 1 is 1.30 bits per heavy atom. The van der Waals surface area contributed by atoms with E-state index >= 15 is 0 Å². The molecule has 0 amide bonds. The molecule has 2 unspecified atom stereocenters. The molecule has 9 heteroatoms. The lowest BCUT2D eigenvalue weighted by Gasteiger charge is -2.38. The third kappa shape index (κ3) is 5.50. The zero-order valence-corrected chi connectivity index (χ0v) is 18.5. The molecule has 2 aromatic carbocycles. The maximum Gasteiger partial charge on any atom is 0.240 e. The molecule has 1 heterocycles. The number of benzene rings is 2. The smallest absolute Gasteiger partial charge is 0.240 e. The molecule has 2 atom stereocenters. The predicted molar refractivity (Wildman–Crippen MR) is 114 cm³/mol. The number of nitrogens with zero attached hydrogens (tertiary/aromatic N) is 1. The summed E-state index contributed by atoms with van der Waals surface area (Å²) >= 11 is 6.30. The van der Waals surface area contributed by atoms with Gasteiger partial charge >= 0.3 is 0 Å². The van der Waals surface area contributed by atoms with Crippen molar-refractivity contribution in [2.45, 2.75) is 30.9 Å². The quantitative estimate of drug-likeness (QED) is 0.657. The van der Waals surface area contributed by atoms with Gasteiger partial charge < -0.3 is 9.47 Å². The van der Waals surface area contributed by atoms with Crippen molar-refractivity contribution in [3.63, 3.8) is 0 Å². The molecule has 1 aliphatic heterocycles. The Morgan fingerprint density at radius 3 is 2.67 bits per heavy atom. The minimum atomic E-state index is -3.80. The molecule has 164 valence electrons. The van der Waals surface area contributed by atoms with Crippen molar-refractivity contribution in [3.8, 4) is 5.75 Å². The second kappa shape index (κ2) is 10.1. The van der Waals surface area contributed by atoms with Crippen molar-refractivity contribution < 1.29 is 22.3 Å². The summed E-state index contributed by atoms with van der Waals surface area (Å²) in [5.74, 6) is 0.127. The molecule has 1 N–H and O–H groups in total. The number of nitrogens with one attached hydrogen (secondary N) is 1. The van der Waals surface area contributed by atoms with Gasteiger partial charge in [0.05, 0.1) is 30.3 Å². The van der Waals surface area contributed by atoms with E-state index in [9.17, 15) is 12.8 Å². The van der Waals surface area contributed by atoms with Gasteiger partial charge in [0.2, 0.25) is 10.0 Å². The van der Waals surface area contributed by atoms with Crippen LogP contribution in [0, 0.1) is 5.82 Å². The molecule has 0 radical (unpaired) electrons. The molecule has 1 fully saturated rings. The average Bonchev–Trinajstić information content (AvgIpc) is 2.71. The third-order valence-corrected chi connectivity index (χ3v) is 6.73. The third-order valence-electron chi connectivity index (χ3n) is 4.96. The maximum atomic E-state index is 14.7. The molecule has 0 aliphatic carbocycles. The minimum Gasteiger partial charge on any atom is -0.494 e. The first-order valence-corrected chi connectivity index (χ1v) is 11.7. The zero-order chi connectivity index (χ0) is 21.7. The van der Waals surface area contributed by atoms with E-state index in [4.69, 9.17) is 21.1 Å². The summed E-state index contributed by atoms with van der Waals surface area (Å²) in [5, 5.41) is 0.263. The molecule has 3 rings (SSSR count). The van der Waals surface area contributed by atoms with Gasteiger partial charge in [0.15, 0.2) is 0 Å². The fraction of sp³-hybridized carbons (Fsp3) is 0.429. The zero-order valence-electron chi connectivity index (χ0n) is 17.0. The summed E-state index contributed by atoms with van der Waals surface area (Å²) < 4.78 is 53.9. The summed E-state index contributed by atoms with van der Waals surface area (Å²) in [4.78, 5) is 2.11. The van der Waals surface area contributed by atoms with E-state index in [0.717, 1.165) is 0 Å². The molecule has 1 aliphatic rings. The van der Waals surface area contributed by atoms with E-state index in [-0.39, 0.29) is 28.1 Å². The van der Waals surface area contributed by atoms with E-state index in [1.807, 2.05) is 18.7 Å². The lowest BCUT2D eigenvalue weighted by molar-refractivity contribution is -0.0342. The highest BCUT2D eigenvalue weighted by atomic mass is 35.5. The lowest BCUT2D eigenvalue weighted by atomic mass is 10.0. The normalized spacial score (nSPS) is 18.9. The van der Waals surface area contributed by atoms with Gasteiger partial charge in [-0.25, -0.2) is 17.5 Å². The Balaban J connectivity index is 1.84. The Kier molecular flexibility index (Phi) is 7.70. The van der Waals surface area contributed by atoms with Gasteiger partial charge in [-0.1, -0.05) is 17.7 Å². The van der Waals surface area contributed by atoms with Crippen LogP contribution in [-0.4, -0.2) is 52.3 Å². The largest absolute Gasteiger partial charge is 0.494 e. The summed E-state index contributed by atoms with van der Waals surface area (Å²) in [6, 6.07) is 10.1. The van der Waals surface area contributed by atoms with Gasteiger partial charge in [0.1, 0.15) is 11.6 Å².